The molecule has 0 heterocycles. The smallest absolute Gasteiger partial charge is 0.0591 e. The molecule has 1 rings (SSSR count). The molecule has 0 atom stereocenters. The van der Waals surface area contributed by atoms with Crippen molar-refractivity contribution in [1.29, 1.82) is 0 Å². The summed E-state index contributed by atoms with van der Waals surface area (Å²) < 4.78 is 5.54. The van der Waals surface area contributed by atoms with Gasteiger partial charge in [-0.05, 0) is 31.6 Å². The van der Waals surface area contributed by atoms with E-state index in [9.17, 15) is 0 Å². The summed E-state index contributed by atoms with van der Waals surface area (Å²) in [5, 5.41) is 3.37. The van der Waals surface area contributed by atoms with Crippen molar-refractivity contribution in [2.45, 2.75) is 45.1 Å². The average Bonchev–Trinajstić information content (AvgIpc) is 3.06. The van der Waals surface area contributed by atoms with Gasteiger partial charge in [-0.1, -0.05) is 13.8 Å². The largest absolute Gasteiger partial charge is 0.380 e. The van der Waals surface area contributed by atoms with Gasteiger partial charge in [-0.3, -0.25) is 0 Å². The van der Waals surface area contributed by atoms with Crippen LogP contribution in [0, 0.1) is 5.92 Å². The van der Waals surface area contributed by atoms with Crippen LogP contribution in [0.25, 0.3) is 0 Å². The maximum atomic E-state index is 6.17. The number of hydrogen-bond donors (Lipinski definition) is 2. The van der Waals surface area contributed by atoms with Crippen LogP contribution in [0.5, 0.6) is 0 Å². The third-order valence-corrected chi connectivity index (χ3v) is 3.36. The van der Waals surface area contributed by atoms with E-state index >= 15 is 0 Å². The van der Waals surface area contributed by atoms with Crippen LogP contribution in [-0.4, -0.2) is 31.8 Å². The number of hydrogen-bond acceptors (Lipinski definition) is 3. The second-order valence-corrected chi connectivity index (χ2v) is 4.76. The van der Waals surface area contributed by atoms with Gasteiger partial charge in [-0.2, -0.15) is 0 Å². The molecule has 1 aliphatic carbocycles. The molecule has 0 saturated heterocycles. The summed E-state index contributed by atoms with van der Waals surface area (Å²) in [6.07, 6.45) is 4.79. The Morgan fingerprint density at radius 3 is 2.53 bits per heavy atom. The van der Waals surface area contributed by atoms with Crippen molar-refractivity contribution >= 4 is 0 Å². The first-order valence-electron chi connectivity index (χ1n) is 6.27. The number of rotatable bonds is 9. The van der Waals surface area contributed by atoms with Gasteiger partial charge in [-0.15, -0.1) is 0 Å². The molecule has 0 aromatic heterocycles. The lowest BCUT2D eigenvalue weighted by atomic mass is 9.94. The van der Waals surface area contributed by atoms with Gasteiger partial charge in [0, 0.05) is 25.2 Å². The molecule has 0 aromatic carbocycles. The predicted octanol–water partition coefficient (Wildman–Crippen LogP) is 1.52. The van der Waals surface area contributed by atoms with Gasteiger partial charge in [-0.25, -0.2) is 0 Å². The minimum atomic E-state index is -0.0313. The van der Waals surface area contributed by atoms with Crippen LogP contribution in [-0.2, 0) is 4.74 Å². The molecule has 15 heavy (non-hydrogen) atoms. The fourth-order valence-corrected chi connectivity index (χ4v) is 1.52. The van der Waals surface area contributed by atoms with Gasteiger partial charge in [0.25, 0.3) is 0 Å². The van der Waals surface area contributed by atoms with E-state index in [4.69, 9.17) is 10.5 Å². The maximum Gasteiger partial charge on any atom is 0.0591 e. The van der Waals surface area contributed by atoms with E-state index in [0.29, 0.717) is 0 Å². The number of ether oxygens (including phenoxy) is 1. The van der Waals surface area contributed by atoms with E-state index in [-0.39, 0.29) is 5.54 Å². The monoisotopic (exact) mass is 214 g/mol. The first-order chi connectivity index (χ1) is 7.20. The zero-order chi connectivity index (χ0) is 11.1. The summed E-state index contributed by atoms with van der Waals surface area (Å²) in [6, 6.07) is 0. The van der Waals surface area contributed by atoms with Crippen molar-refractivity contribution < 1.29 is 4.74 Å². The van der Waals surface area contributed by atoms with E-state index in [1.54, 1.807) is 0 Å². The number of nitrogens with one attached hydrogen (secondary N) is 1. The molecule has 1 saturated carbocycles. The van der Waals surface area contributed by atoms with E-state index < -0.39 is 0 Å². The summed E-state index contributed by atoms with van der Waals surface area (Å²) >= 11 is 0. The fourth-order valence-electron chi connectivity index (χ4n) is 1.52. The van der Waals surface area contributed by atoms with Gasteiger partial charge in [0.2, 0.25) is 0 Å². The quantitative estimate of drug-likeness (QED) is 0.572. The maximum absolute atomic E-state index is 6.17. The predicted molar refractivity (Wildman–Crippen MR) is 63.9 cm³/mol. The Hall–Kier alpha value is -0.120. The highest BCUT2D eigenvalue weighted by molar-refractivity contribution is 4.83. The second kappa shape index (κ2) is 6.46. The van der Waals surface area contributed by atoms with E-state index in [2.05, 4.69) is 19.2 Å². The Labute approximate surface area is 93.8 Å². The summed E-state index contributed by atoms with van der Waals surface area (Å²) in [7, 11) is 0. The van der Waals surface area contributed by atoms with Crippen LogP contribution >= 0.6 is 0 Å². The average molecular weight is 214 g/mol. The first kappa shape index (κ1) is 12.9. The normalized spacial score (nSPS) is 17.0. The highest BCUT2D eigenvalue weighted by Crippen LogP contribution is 2.28. The van der Waals surface area contributed by atoms with Crippen molar-refractivity contribution in [3.8, 4) is 0 Å². The molecule has 90 valence electrons. The lowest BCUT2D eigenvalue weighted by Crippen LogP contribution is -2.48. The molecule has 1 aliphatic rings. The van der Waals surface area contributed by atoms with Gasteiger partial charge in [0.15, 0.2) is 0 Å². The van der Waals surface area contributed by atoms with Gasteiger partial charge in [0.1, 0.15) is 0 Å². The van der Waals surface area contributed by atoms with Gasteiger partial charge < -0.3 is 15.8 Å². The van der Waals surface area contributed by atoms with E-state index in [1.807, 2.05) is 0 Å². The Kier molecular flexibility index (Phi) is 5.58. The SMILES string of the molecule is CCC(N)(CC)CNCCOCC1CC1. The highest BCUT2D eigenvalue weighted by atomic mass is 16.5. The van der Waals surface area contributed by atoms with Crippen LogP contribution in [0.4, 0.5) is 0 Å². The Bertz CT molecular complexity index is 165. The molecule has 0 spiro atoms. The van der Waals surface area contributed by atoms with Crippen LogP contribution < -0.4 is 11.1 Å². The fraction of sp³-hybridized carbons (Fsp3) is 1.00. The van der Waals surface area contributed by atoms with Crippen molar-refractivity contribution in [3.63, 3.8) is 0 Å². The topological polar surface area (TPSA) is 47.3 Å². The van der Waals surface area contributed by atoms with Gasteiger partial charge >= 0.3 is 0 Å². The van der Waals surface area contributed by atoms with E-state index in [1.165, 1.54) is 12.8 Å². The third kappa shape index (κ3) is 5.50. The molecule has 0 amide bonds. The zero-order valence-electron chi connectivity index (χ0n) is 10.2. The van der Waals surface area contributed by atoms with Gasteiger partial charge in [0.05, 0.1) is 6.61 Å². The van der Waals surface area contributed by atoms with Crippen LogP contribution in [0.2, 0.25) is 0 Å². The lowest BCUT2D eigenvalue weighted by molar-refractivity contribution is 0.125. The standard InChI is InChI=1S/C12H26N2O/c1-3-12(13,4-2)10-14-7-8-15-9-11-5-6-11/h11,14H,3-10,13H2,1-2H3. The summed E-state index contributed by atoms with van der Waals surface area (Å²) in [5.74, 6) is 0.866. The van der Waals surface area contributed by atoms with E-state index in [0.717, 1.165) is 45.1 Å². The Morgan fingerprint density at radius 2 is 2.00 bits per heavy atom. The first-order valence-corrected chi connectivity index (χ1v) is 6.27. The third-order valence-electron chi connectivity index (χ3n) is 3.36. The molecule has 0 unspecified atom stereocenters. The summed E-state index contributed by atoms with van der Waals surface area (Å²) in [6.45, 7) is 7.89. The van der Waals surface area contributed by atoms with Crippen molar-refractivity contribution in [2.75, 3.05) is 26.3 Å². The Morgan fingerprint density at radius 1 is 1.33 bits per heavy atom. The highest BCUT2D eigenvalue weighted by Gasteiger charge is 2.21. The molecular formula is C12H26N2O. The lowest BCUT2D eigenvalue weighted by Gasteiger charge is -2.26. The van der Waals surface area contributed by atoms with Crippen molar-refractivity contribution in [3.05, 3.63) is 0 Å². The minimum absolute atomic E-state index is 0.0313. The Balaban J connectivity index is 1.90. The molecule has 0 bridgehead atoms. The zero-order valence-corrected chi connectivity index (χ0v) is 10.2. The van der Waals surface area contributed by atoms with Crippen molar-refractivity contribution in [1.82, 2.24) is 5.32 Å². The molecule has 1 fully saturated rings. The second-order valence-electron chi connectivity index (χ2n) is 4.76. The van der Waals surface area contributed by atoms with Crippen molar-refractivity contribution in [2.24, 2.45) is 11.7 Å². The minimum Gasteiger partial charge on any atom is -0.380 e. The summed E-state index contributed by atoms with van der Waals surface area (Å²) in [5.41, 5.74) is 6.13. The molecular weight excluding hydrogens is 188 g/mol. The molecule has 3 heteroatoms. The number of nitrogens with two attached hydrogens (primary N) is 1. The molecule has 0 aromatic rings. The summed E-state index contributed by atoms with van der Waals surface area (Å²) in [4.78, 5) is 0. The molecule has 3 nitrogen and oxygen atoms in total. The van der Waals surface area contributed by atoms with Crippen LogP contribution in [0.1, 0.15) is 39.5 Å². The molecule has 0 aliphatic heterocycles. The molecule has 0 radical (unpaired) electrons. The van der Waals surface area contributed by atoms with Crippen LogP contribution in [0.15, 0.2) is 0 Å². The molecule has 3 N–H and O–H groups in total. The van der Waals surface area contributed by atoms with Crippen LogP contribution in [0.3, 0.4) is 0 Å².